The van der Waals surface area contributed by atoms with E-state index in [1.165, 1.54) is 11.3 Å². The van der Waals surface area contributed by atoms with E-state index in [9.17, 15) is 19.8 Å². The van der Waals surface area contributed by atoms with Gasteiger partial charge in [0.15, 0.2) is 11.1 Å². The summed E-state index contributed by atoms with van der Waals surface area (Å²) in [6, 6.07) is 14.2. The summed E-state index contributed by atoms with van der Waals surface area (Å²) in [7, 11) is 0. The van der Waals surface area contributed by atoms with Gasteiger partial charge in [-0.25, -0.2) is 9.78 Å². The van der Waals surface area contributed by atoms with Crippen molar-refractivity contribution in [2.45, 2.75) is 52.4 Å². The van der Waals surface area contributed by atoms with Crippen LogP contribution in [0.15, 0.2) is 54.7 Å². The van der Waals surface area contributed by atoms with E-state index in [4.69, 9.17) is 14.5 Å². The van der Waals surface area contributed by atoms with Gasteiger partial charge in [-0.3, -0.25) is 9.78 Å². The van der Waals surface area contributed by atoms with Gasteiger partial charge in [0.1, 0.15) is 11.5 Å². The number of phenolic OH excluding ortho intramolecular Hbond substituents is 1. The summed E-state index contributed by atoms with van der Waals surface area (Å²) >= 11 is 1.20. The number of benzene rings is 3. The highest BCUT2D eigenvalue weighted by atomic mass is 32.1. The van der Waals surface area contributed by atoms with Crippen molar-refractivity contribution in [2.24, 2.45) is 0 Å². The molecule has 9 nitrogen and oxygen atoms in total. The third-order valence-corrected chi connectivity index (χ3v) is 8.40. The lowest BCUT2D eigenvalue weighted by atomic mass is 9.89. The van der Waals surface area contributed by atoms with Crippen LogP contribution in [-0.2, 0) is 22.5 Å². The number of carbonyl (C=O) groups excluding carboxylic acids is 1. The maximum atomic E-state index is 13.3. The molecule has 1 amide bonds. The van der Waals surface area contributed by atoms with Gasteiger partial charge in [0.25, 0.3) is 5.91 Å². The Morgan fingerprint density at radius 2 is 1.91 bits per heavy atom. The summed E-state index contributed by atoms with van der Waals surface area (Å²) in [6.45, 7) is 8.13. The summed E-state index contributed by atoms with van der Waals surface area (Å²) in [5.41, 5.74) is 4.97. The number of ether oxygens (including phenoxy) is 2. The zero-order valence-electron chi connectivity index (χ0n) is 24.2. The average Bonchev–Trinajstić information content (AvgIpc) is 3.39. The number of aliphatic carboxylic acids is 1. The number of hydrogen-bond acceptors (Lipinski definition) is 8. The number of aromatic nitrogens is 2. The molecule has 5 aromatic rings. The standard InChI is InChI=1S/C33H31N3O6S/c1-17-15-22-29(43-31(36-22)30(38)35-16-18-5-7-20(37)8-6-18)26(24(17)28(32(39)40)42-33(2,3)4)21-9-10-23-25-19(12-14-41-23)11-13-34-27(21)25/h5-11,13,15,28,37H,12,14,16H2,1-4H3,(H,35,38)(H,39,40)/t28-/m0/s1. The SMILES string of the molecule is Cc1cc2nc(C(=O)NCc3ccc(O)cc3)sc2c(-c2ccc3c4c(ccnc24)CCO3)c1[C@H](OC(C)(C)C)C(=O)O. The Balaban J connectivity index is 1.55. The summed E-state index contributed by atoms with van der Waals surface area (Å²) in [6.07, 6.45) is 1.22. The molecule has 220 valence electrons. The maximum absolute atomic E-state index is 13.3. The number of hydrogen-bond donors (Lipinski definition) is 3. The Kier molecular flexibility index (Phi) is 7.27. The van der Waals surface area contributed by atoms with Crippen LogP contribution in [0.4, 0.5) is 0 Å². The largest absolute Gasteiger partial charge is 0.508 e. The zero-order chi connectivity index (χ0) is 30.5. The monoisotopic (exact) mass is 597 g/mol. The average molecular weight is 598 g/mol. The van der Waals surface area contributed by atoms with Gasteiger partial charge in [0, 0.05) is 41.2 Å². The fourth-order valence-electron chi connectivity index (χ4n) is 5.48. The van der Waals surface area contributed by atoms with Crippen molar-refractivity contribution in [1.29, 1.82) is 0 Å². The van der Waals surface area contributed by atoms with E-state index < -0.39 is 17.7 Å². The number of aryl methyl sites for hydroxylation is 1. The Bertz CT molecular complexity index is 1880. The van der Waals surface area contributed by atoms with E-state index in [-0.39, 0.29) is 23.2 Å². The number of carboxylic acid groups (broad SMARTS) is 1. The first-order valence-electron chi connectivity index (χ1n) is 13.9. The molecule has 0 fully saturated rings. The van der Waals surface area contributed by atoms with Gasteiger partial charge in [-0.2, -0.15) is 0 Å². The number of fused-ring (bicyclic) bond motifs is 1. The van der Waals surface area contributed by atoms with Gasteiger partial charge >= 0.3 is 5.97 Å². The van der Waals surface area contributed by atoms with Crippen LogP contribution in [0.1, 0.15) is 58.9 Å². The van der Waals surface area contributed by atoms with Crippen molar-refractivity contribution >= 4 is 44.3 Å². The highest BCUT2D eigenvalue weighted by Gasteiger charge is 2.33. The molecule has 0 bridgehead atoms. The molecule has 43 heavy (non-hydrogen) atoms. The molecule has 1 aliphatic heterocycles. The smallest absolute Gasteiger partial charge is 0.337 e. The summed E-state index contributed by atoms with van der Waals surface area (Å²) in [5.74, 6) is -0.592. The van der Waals surface area contributed by atoms with Crippen molar-refractivity contribution in [2.75, 3.05) is 6.61 Å². The minimum atomic E-state index is -1.28. The fourth-order valence-corrected chi connectivity index (χ4v) is 6.51. The van der Waals surface area contributed by atoms with Crippen molar-refractivity contribution in [3.05, 3.63) is 82.0 Å². The highest BCUT2D eigenvalue weighted by Crippen LogP contribution is 2.46. The molecular formula is C33H31N3O6S. The van der Waals surface area contributed by atoms with E-state index in [0.717, 1.165) is 34.2 Å². The van der Waals surface area contributed by atoms with Crippen LogP contribution in [0.3, 0.4) is 0 Å². The van der Waals surface area contributed by atoms with E-state index in [1.54, 1.807) is 30.5 Å². The maximum Gasteiger partial charge on any atom is 0.337 e. The number of aromatic hydroxyl groups is 1. The summed E-state index contributed by atoms with van der Waals surface area (Å²) in [5, 5.41) is 24.0. The number of nitrogens with zero attached hydrogens (tertiary/aromatic N) is 2. The molecule has 0 spiro atoms. The second-order valence-corrected chi connectivity index (χ2v) is 12.5. The second kappa shape index (κ2) is 10.9. The molecule has 0 saturated heterocycles. The lowest BCUT2D eigenvalue weighted by Crippen LogP contribution is -2.28. The van der Waals surface area contributed by atoms with Crippen LogP contribution in [0.25, 0.3) is 32.2 Å². The van der Waals surface area contributed by atoms with Crippen molar-refractivity contribution < 1.29 is 29.3 Å². The molecule has 0 unspecified atom stereocenters. The Hall–Kier alpha value is -4.54. The summed E-state index contributed by atoms with van der Waals surface area (Å²) in [4.78, 5) is 35.5. The number of carbonyl (C=O) groups is 2. The van der Waals surface area contributed by atoms with E-state index in [1.807, 2.05) is 52.0 Å². The molecule has 0 saturated carbocycles. The number of thiazole rings is 1. The quantitative estimate of drug-likeness (QED) is 0.198. The van der Waals surface area contributed by atoms with Crippen LogP contribution in [0.5, 0.6) is 11.5 Å². The molecule has 0 radical (unpaired) electrons. The number of carboxylic acids is 1. The zero-order valence-corrected chi connectivity index (χ0v) is 25.0. The van der Waals surface area contributed by atoms with Gasteiger partial charge in [-0.05, 0) is 80.8 Å². The third-order valence-electron chi connectivity index (χ3n) is 7.31. The third kappa shape index (κ3) is 5.51. The number of pyridine rings is 1. The van der Waals surface area contributed by atoms with Gasteiger partial charge in [-0.1, -0.05) is 12.1 Å². The van der Waals surface area contributed by atoms with Crippen LogP contribution in [-0.4, -0.2) is 44.3 Å². The second-order valence-electron chi connectivity index (χ2n) is 11.6. The van der Waals surface area contributed by atoms with Gasteiger partial charge in [0.05, 0.1) is 27.9 Å². The minimum Gasteiger partial charge on any atom is -0.508 e. The van der Waals surface area contributed by atoms with Crippen LogP contribution in [0.2, 0.25) is 0 Å². The Morgan fingerprint density at radius 1 is 1.14 bits per heavy atom. The molecule has 0 aliphatic carbocycles. The number of rotatable bonds is 7. The van der Waals surface area contributed by atoms with Crippen LogP contribution in [0, 0.1) is 6.92 Å². The normalized spacial score (nSPS) is 13.6. The molecule has 2 aromatic heterocycles. The predicted molar refractivity (Wildman–Crippen MR) is 165 cm³/mol. The van der Waals surface area contributed by atoms with Crippen molar-refractivity contribution in [3.63, 3.8) is 0 Å². The van der Waals surface area contributed by atoms with Gasteiger partial charge in [0.2, 0.25) is 0 Å². The molecule has 6 rings (SSSR count). The first kappa shape index (κ1) is 28.6. The molecular weight excluding hydrogens is 566 g/mol. The molecule has 3 N–H and O–H groups in total. The molecule has 3 heterocycles. The van der Waals surface area contributed by atoms with Crippen molar-refractivity contribution in [3.8, 4) is 22.6 Å². The Morgan fingerprint density at radius 3 is 2.63 bits per heavy atom. The molecule has 10 heteroatoms. The number of amides is 1. The van der Waals surface area contributed by atoms with Gasteiger partial charge < -0.3 is 25.0 Å². The lowest BCUT2D eigenvalue weighted by Gasteiger charge is -2.28. The highest BCUT2D eigenvalue weighted by molar-refractivity contribution is 7.20. The van der Waals surface area contributed by atoms with Crippen LogP contribution >= 0.6 is 11.3 Å². The fraction of sp³-hybridized carbons (Fsp3) is 0.273. The Labute approximate surface area is 252 Å². The summed E-state index contributed by atoms with van der Waals surface area (Å²) < 4.78 is 12.8. The van der Waals surface area contributed by atoms with E-state index >= 15 is 0 Å². The van der Waals surface area contributed by atoms with Crippen molar-refractivity contribution in [1.82, 2.24) is 15.3 Å². The van der Waals surface area contributed by atoms with E-state index in [0.29, 0.717) is 39.0 Å². The first-order chi connectivity index (χ1) is 20.5. The predicted octanol–water partition coefficient (Wildman–Crippen LogP) is 6.33. The topological polar surface area (TPSA) is 131 Å². The van der Waals surface area contributed by atoms with E-state index in [2.05, 4.69) is 10.3 Å². The molecule has 3 aromatic carbocycles. The first-order valence-corrected chi connectivity index (χ1v) is 14.8. The van der Waals surface area contributed by atoms with Gasteiger partial charge in [-0.15, -0.1) is 11.3 Å². The minimum absolute atomic E-state index is 0.148. The molecule has 1 atom stereocenters. The van der Waals surface area contributed by atoms with Crippen LogP contribution < -0.4 is 10.1 Å². The number of nitrogens with one attached hydrogen (secondary N) is 1. The number of phenols is 1. The molecule has 1 aliphatic rings. The lowest BCUT2D eigenvalue weighted by molar-refractivity contribution is -0.160.